The smallest absolute Gasteiger partial charge is 0.312 e. The van der Waals surface area contributed by atoms with Gasteiger partial charge in [-0.3, -0.25) is 4.79 Å². The molecule has 1 aliphatic rings. The van der Waals surface area contributed by atoms with Crippen LogP contribution in [0, 0.1) is 11.7 Å². The third kappa shape index (κ3) is 1.79. The van der Waals surface area contributed by atoms with Crippen LogP contribution in [0.3, 0.4) is 0 Å². The van der Waals surface area contributed by atoms with Crippen molar-refractivity contribution in [1.82, 2.24) is 0 Å². The molecule has 2 rings (SSSR count). The Bertz CT molecular complexity index is 402. The van der Waals surface area contributed by atoms with E-state index in [0.717, 1.165) is 0 Å². The maximum atomic E-state index is 14.2. The third-order valence-corrected chi connectivity index (χ3v) is 2.79. The summed E-state index contributed by atoms with van der Waals surface area (Å²) < 4.78 is 31.6. The molecule has 16 heavy (non-hydrogen) atoms. The zero-order chi connectivity index (χ0) is 11.8. The van der Waals surface area contributed by atoms with Crippen molar-refractivity contribution in [1.29, 1.82) is 0 Å². The van der Waals surface area contributed by atoms with Gasteiger partial charge < -0.3 is 4.74 Å². The highest BCUT2D eigenvalue weighted by Crippen LogP contribution is 2.56. The second-order valence-electron chi connectivity index (χ2n) is 3.88. The summed E-state index contributed by atoms with van der Waals surface area (Å²) in [5, 5.41) is 0. The highest BCUT2D eigenvalue weighted by molar-refractivity contribution is 5.78. The van der Waals surface area contributed by atoms with Crippen molar-refractivity contribution in [2.24, 2.45) is 5.92 Å². The highest BCUT2D eigenvalue weighted by Gasteiger charge is 2.61. The second-order valence-corrected chi connectivity index (χ2v) is 3.88. The van der Waals surface area contributed by atoms with Crippen LogP contribution in [0.25, 0.3) is 0 Å². The molecule has 0 bridgehead atoms. The van der Waals surface area contributed by atoms with Crippen LogP contribution in [-0.4, -0.2) is 12.6 Å². The van der Waals surface area contributed by atoms with Crippen LogP contribution in [0.2, 0.25) is 0 Å². The Labute approximate surface area is 92.2 Å². The predicted octanol–water partition coefficient (Wildman–Crippen LogP) is 2.57. The molecule has 1 aliphatic carbocycles. The number of carbonyl (C=O) groups is 1. The number of esters is 1. The average Bonchev–Trinajstić information content (AvgIpc) is 2.93. The largest absolute Gasteiger partial charge is 0.466 e. The van der Waals surface area contributed by atoms with Gasteiger partial charge in [-0.15, -0.1) is 0 Å². The van der Waals surface area contributed by atoms with Gasteiger partial charge in [0.05, 0.1) is 12.5 Å². The number of benzene rings is 1. The molecule has 0 N–H and O–H groups in total. The molecule has 2 nitrogen and oxygen atoms in total. The van der Waals surface area contributed by atoms with Crippen molar-refractivity contribution in [3.05, 3.63) is 35.6 Å². The van der Waals surface area contributed by atoms with Crippen molar-refractivity contribution in [2.75, 3.05) is 6.61 Å². The van der Waals surface area contributed by atoms with E-state index in [4.69, 9.17) is 4.74 Å². The highest BCUT2D eigenvalue weighted by atomic mass is 19.1. The number of carbonyl (C=O) groups excluding carboxylic acids is 1. The first kappa shape index (κ1) is 11.0. The van der Waals surface area contributed by atoms with E-state index in [1.54, 1.807) is 6.92 Å². The van der Waals surface area contributed by atoms with Crippen molar-refractivity contribution in [3.8, 4) is 0 Å². The fourth-order valence-electron chi connectivity index (χ4n) is 1.80. The topological polar surface area (TPSA) is 26.3 Å². The maximum absolute atomic E-state index is 14.2. The summed E-state index contributed by atoms with van der Waals surface area (Å²) >= 11 is 0. The van der Waals surface area contributed by atoms with Crippen LogP contribution in [0.1, 0.15) is 18.9 Å². The summed E-state index contributed by atoms with van der Waals surface area (Å²) in [6.45, 7) is 1.92. The molecule has 0 radical (unpaired) electrons. The number of rotatable bonds is 3. The Morgan fingerprint density at radius 1 is 1.50 bits per heavy atom. The van der Waals surface area contributed by atoms with Crippen LogP contribution in [-0.2, 0) is 15.2 Å². The Kier molecular flexibility index (Phi) is 2.66. The number of hydrogen-bond acceptors (Lipinski definition) is 2. The molecular weight excluding hydrogens is 214 g/mol. The SMILES string of the molecule is CCOC(=O)C1CC1(F)c1ccc(F)cc1. The van der Waals surface area contributed by atoms with Gasteiger partial charge in [0.15, 0.2) is 0 Å². The fourth-order valence-corrected chi connectivity index (χ4v) is 1.80. The molecule has 1 saturated carbocycles. The zero-order valence-corrected chi connectivity index (χ0v) is 8.87. The van der Waals surface area contributed by atoms with Gasteiger partial charge in [-0.1, -0.05) is 12.1 Å². The Hall–Kier alpha value is -1.45. The summed E-state index contributed by atoms with van der Waals surface area (Å²) in [7, 11) is 0. The summed E-state index contributed by atoms with van der Waals surface area (Å²) in [6, 6.07) is 5.12. The minimum Gasteiger partial charge on any atom is -0.466 e. The number of ether oxygens (including phenoxy) is 1. The van der Waals surface area contributed by atoms with E-state index in [-0.39, 0.29) is 13.0 Å². The van der Waals surface area contributed by atoms with E-state index in [1.165, 1.54) is 24.3 Å². The van der Waals surface area contributed by atoms with Gasteiger partial charge in [-0.2, -0.15) is 0 Å². The second kappa shape index (κ2) is 3.85. The number of hydrogen-bond donors (Lipinski definition) is 0. The first-order chi connectivity index (χ1) is 7.58. The van der Waals surface area contributed by atoms with Gasteiger partial charge >= 0.3 is 5.97 Å². The fraction of sp³-hybridized carbons (Fsp3) is 0.417. The molecular formula is C12H12F2O2. The zero-order valence-electron chi connectivity index (χ0n) is 8.87. The molecule has 0 heterocycles. The Morgan fingerprint density at radius 2 is 2.12 bits per heavy atom. The van der Waals surface area contributed by atoms with Crippen molar-refractivity contribution in [3.63, 3.8) is 0 Å². The monoisotopic (exact) mass is 226 g/mol. The van der Waals surface area contributed by atoms with Crippen LogP contribution >= 0.6 is 0 Å². The lowest BCUT2D eigenvalue weighted by Crippen LogP contribution is -2.13. The van der Waals surface area contributed by atoms with Gasteiger partial charge in [-0.05, 0) is 24.6 Å². The first-order valence-corrected chi connectivity index (χ1v) is 5.19. The van der Waals surface area contributed by atoms with Crippen molar-refractivity contribution in [2.45, 2.75) is 19.0 Å². The van der Waals surface area contributed by atoms with Gasteiger partial charge in [-0.25, -0.2) is 8.78 Å². The normalized spacial score (nSPS) is 27.6. The molecule has 1 aromatic rings. The van der Waals surface area contributed by atoms with E-state index in [2.05, 4.69) is 0 Å². The molecule has 0 saturated heterocycles. The van der Waals surface area contributed by atoms with Gasteiger partial charge in [0.1, 0.15) is 11.5 Å². The van der Waals surface area contributed by atoms with E-state index < -0.39 is 23.4 Å². The lowest BCUT2D eigenvalue weighted by molar-refractivity contribution is -0.145. The van der Waals surface area contributed by atoms with E-state index >= 15 is 0 Å². The van der Waals surface area contributed by atoms with Gasteiger partial charge in [0.2, 0.25) is 0 Å². The minimum absolute atomic E-state index is 0.122. The summed E-state index contributed by atoms with van der Waals surface area (Å²) in [4.78, 5) is 11.3. The molecule has 0 aromatic heterocycles. The summed E-state index contributed by atoms with van der Waals surface area (Å²) in [5.74, 6) is -1.67. The minimum atomic E-state index is -1.67. The van der Waals surface area contributed by atoms with E-state index in [0.29, 0.717) is 5.56 Å². The van der Waals surface area contributed by atoms with Crippen LogP contribution in [0.4, 0.5) is 8.78 Å². The van der Waals surface area contributed by atoms with Crippen LogP contribution in [0.15, 0.2) is 24.3 Å². The Morgan fingerprint density at radius 3 is 2.69 bits per heavy atom. The molecule has 2 atom stereocenters. The number of halogens is 2. The molecule has 0 spiro atoms. The molecule has 0 amide bonds. The molecule has 2 unspecified atom stereocenters. The predicted molar refractivity (Wildman–Crippen MR) is 53.9 cm³/mol. The lowest BCUT2D eigenvalue weighted by Gasteiger charge is -2.07. The molecule has 86 valence electrons. The van der Waals surface area contributed by atoms with E-state index in [9.17, 15) is 13.6 Å². The molecule has 4 heteroatoms. The van der Waals surface area contributed by atoms with E-state index in [1.807, 2.05) is 0 Å². The standard InChI is InChI=1S/C12H12F2O2/c1-2-16-11(15)10-7-12(10,14)8-3-5-9(13)6-4-8/h3-6,10H,2,7H2,1H3. The van der Waals surface area contributed by atoms with Gasteiger partial charge in [0, 0.05) is 6.42 Å². The third-order valence-electron chi connectivity index (χ3n) is 2.79. The van der Waals surface area contributed by atoms with Gasteiger partial charge in [0.25, 0.3) is 0 Å². The first-order valence-electron chi connectivity index (χ1n) is 5.19. The van der Waals surface area contributed by atoms with Crippen molar-refractivity contribution < 1.29 is 18.3 Å². The summed E-state index contributed by atoms with van der Waals surface area (Å²) in [6.07, 6.45) is 0.122. The van der Waals surface area contributed by atoms with Crippen molar-refractivity contribution >= 4 is 5.97 Å². The quantitative estimate of drug-likeness (QED) is 0.740. The summed E-state index contributed by atoms with van der Waals surface area (Å²) in [5.41, 5.74) is -1.33. The Balaban J connectivity index is 2.12. The molecule has 1 fully saturated rings. The molecule has 1 aromatic carbocycles. The number of alkyl halides is 1. The van der Waals surface area contributed by atoms with Crippen LogP contribution in [0.5, 0.6) is 0 Å². The average molecular weight is 226 g/mol. The molecule has 0 aliphatic heterocycles. The lowest BCUT2D eigenvalue weighted by atomic mass is 10.1. The maximum Gasteiger partial charge on any atom is 0.312 e. The van der Waals surface area contributed by atoms with Crippen LogP contribution < -0.4 is 0 Å².